The Morgan fingerprint density at radius 1 is 0.800 bits per heavy atom. The molecular formula is C23H22N2O4S. The zero-order valence-electron chi connectivity index (χ0n) is 16.7. The van der Waals surface area contributed by atoms with Gasteiger partial charge in [-0.05, 0) is 54.4 Å². The van der Waals surface area contributed by atoms with Crippen molar-refractivity contribution in [3.63, 3.8) is 0 Å². The minimum atomic E-state index is -3.14. The number of rotatable bonds is 6. The minimum Gasteiger partial charge on any atom is -0.322 e. The van der Waals surface area contributed by atoms with Crippen molar-refractivity contribution in [1.29, 1.82) is 0 Å². The van der Waals surface area contributed by atoms with Crippen LogP contribution in [0, 0.1) is 6.92 Å². The van der Waals surface area contributed by atoms with Gasteiger partial charge < -0.3 is 10.6 Å². The van der Waals surface area contributed by atoms with Gasteiger partial charge in [0.25, 0.3) is 11.8 Å². The van der Waals surface area contributed by atoms with E-state index >= 15 is 0 Å². The summed E-state index contributed by atoms with van der Waals surface area (Å²) in [5.41, 5.74) is 3.33. The number of carbonyl (C=O) groups excluding carboxylic acids is 2. The first-order valence-corrected chi connectivity index (χ1v) is 11.3. The first-order chi connectivity index (χ1) is 14.2. The summed E-state index contributed by atoms with van der Waals surface area (Å²) in [5, 5.41) is 5.65. The molecule has 3 aromatic carbocycles. The van der Waals surface area contributed by atoms with Crippen molar-refractivity contribution in [3.8, 4) is 0 Å². The molecular weight excluding hydrogens is 400 g/mol. The topological polar surface area (TPSA) is 92.3 Å². The van der Waals surface area contributed by atoms with Gasteiger partial charge in [0, 0.05) is 28.8 Å². The second-order valence-corrected chi connectivity index (χ2v) is 9.16. The number of amides is 2. The second-order valence-electron chi connectivity index (χ2n) is 7.02. The molecule has 2 amide bonds. The molecule has 0 atom stereocenters. The highest BCUT2D eigenvalue weighted by molar-refractivity contribution is 7.89. The van der Waals surface area contributed by atoms with Crippen molar-refractivity contribution in [2.24, 2.45) is 0 Å². The highest BCUT2D eigenvalue weighted by Gasteiger charge is 2.14. The van der Waals surface area contributed by atoms with Gasteiger partial charge >= 0.3 is 0 Å². The summed E-state index contributed by atoms with van der Waals surface area (Å²) in [6.07, 6.45) is 1.16. The fourth-order valence-corrected chi connectivity index (χ4v) is 3.78. The van der Waals surface area contributed by atoms with Crippen molar-refractivity contribution in [1.82, 2.24) is 0 Å². The monoisotopic (exact) mass is 422 g/mol. The molecule has 0 aliphatic heterocycles. The molecule has 0 spiro atoms. The summed E-state index contributed by atoms with van der Waals surface area (Å²) in [7, 11) is -3.14. The standard InChI is InChI=1S/C23H22N2O4S/c1-16-20(23(27)24-19-7-4-3-5-8-19)9-6-10-21(16)25-22(26)18-13-11-17(12-14-18)15-30(2,28)29/h3-14H,15H2,1-2H3,(H,24,27)(H,25,26). The molecule has 0 heterocycles. The summed E-state index contributed by atoms with van der Waals surface area (Å²) < 4.78 is 22.8. The Bertz CT molecular complexity index is 1170. The van der Waals surface area contributed by atoms with Crippen LogP contribution in [-0.4, -0.2) is 26.5 Å². The number of hydrogen-bond donors (Lipinski definition) is 2. The molecule has 30 heavy (non-hydrogen) atoms. The van der Waals surface area contributed by atoms with Crippen molar-refractivity contribution in [3.05, 3.63) is 95.1 Å². The lowest BCUT2D eigenvalue weighted by Gasteiger charge is -2.13. The molecule has 0 aromatic heterocycles. The van der Waals surface area contributed by atoms with E-state index in [0.717, 1.165) is 6.26 Å². The van der Waals surface area contributed by atoms with E-state index in [0.29, 0.717) is 33.6 Å². The van der Waals surface area contributed by atoms with Crippen LogP contribution in [0.5, 0.6) is 0 Å². The lowest BCUT2D eigenvalue weighted by Crippen LogP contribution is -2.17. The Balaban J connectivity index is 1.74. The molecule has 7 heteroatoms. The van der Waals surface area contributed by atoms with E-state index in [2.05, 4.69) is 10.6 Å². The molecule has 0 aliphatic rings. The Hall–Kier alpha value is -3.45. The Morgan fingerprint density at radius 2 is 1.47 bits per heavy atom. The third-order valence-corrected chi connectivity index (χ3v) is 5.36. The van der Waals surface area contributed by atoms with Gasteiger partial charge in [0.2, 0.25) is 0 Å². The second kappa shape index (κ2) is 8.92. The largest absolute Gasteiger partial charge is 0.322 e. The number of hydrogen-bond acceptors (Lipinski definition) is 4. The fourth-order valence-electron chi connectivity index (χ4n) is 2.99. The number of sulfone groups is 1. The van der Waals surface area contributed by atoms with Gasteiger partial charge in [-0.1, -0.05) is 36.4 Å². The highest BCUT2D eigenvalue weighted by atomic mass is 32.2. The average Bonchev–Trinajstić information content (AvgIpc) is 2.69. The summed E-state index contributed by atoms with van der Waals surface area (Å²) >= 11 is 0. The molecule has 0 bridgehead atoms. The summed E-state index contributed by atoms with van der Waals surface area (Å²) in [6, 6.07) is 20.7. The van der Waals surface area contributed by atoms with Crippen LogP contribution in [0.3, 0.4) is 0 Å². The van der Waals surface area contributed by atoms with Gasteiger partial charge in [-0.15, -0.1) is 0 Å². The van der Waals surface area contributed by atoms with Crippen LogP contribution in [0.25, 0.3) is 0 Å². The smallest absolute Gasteiger partial charge is 0.256 e. The van der Waals surface area contributed by atoms with Crippen LogP contribution in [0.2, 0.25) is 0 Å². The van der Waals surface area contributed by atoms with Gasteiger partial charge in [-0.3, -0.25) is 9.59 Å². The van der Waals surface area contributed by atoms with Gasteiger partial charge in [-0.2, -0.15) is 0 Å². The number of carbonyl (C=O) groups is 2. The van der Waals surface area contributed by atoms with Gasteiger partial charge in [0.1, 0.15) is 0 Å². The molecule has 0 unspecified atom stereocenters. The molecule has 0 aliphatic carbocycles. The van der Waals surface area contributed by atoms with Crippen LogP contribution >= 0.6 is 0 Å². The van der Waals surface area contributed by atoms with Crippen LogP contribution < -0.4 is 10.6 Å². The van der Waals surface area contributed by atoms with E-state index in [9.17, 15) is 18.0 Å². The molecule has 0 fully saturated rings. The number of anilines is 2. The van der Waals surface area contributed by atoms with E-state index in [4.69, 9.17) is 0 Å². The maximum atomic E-state index is 12.6. The molecule has 0 saturated carbocycles. The predicted molar refractivity (Wildman–Crippen MR) is 119 cm³/mol. The first-order valence-electron chi connectivity index (χ1n) is 9.27. The molecule has 0 saturated heterocycles. The van der Waals surface area contributed by atoms with Crippen molar-refractivity contribution >= 4 is 33.0 Å². The van der Waals surface area contributed by atoms with E-state index < -0.39 is 9.84 Å². The zero-order chi connectivity index (χ0) is 21.7. The Morgan fingerprint density at radius 3 is 2.10 bits per heavy atom. The molecule has 154 valence electrons. The van der Waals surface area contributed by atoms with Crippen molar-refractivity contribution < 1.29 is 18.0 Å². The lowest BCUT2D eigenvalue weighted by molar-refractivity contribution is 0.101. The molecule has 0 radical (unpaired) electrons. The highest BCUT2D eigenvalue weighted by Crippen LogP contribution is 2.21. The van der Waals surface area contributed by atoms with Crippen LogP contribution in [0.4, 0.5) is 11.4 Å². The molecule has 2 N–H and O–H groups in total. The van der Waals surface area contributed by atoms with Gasteiger partial charge in [0.05, 0.1) is 5.75 Å². The summed E-state index contributed by atoms with van der Waals surface area (Å²) in [4.78, 5) is 25.2. The normalized spacial score (nSPS) is 11.0. The van der Waals surface area contributed by atoms with E-state index in [-0.39, 0.29) is 17.6 Å². The summed E-state index contributed by atoms with van der Waals surface area (Å²) in [5.74, 6) is -0.684. The fraction of sp³-hybridized carbons (Fsp3) is 0.130. The van der Waals surface area contributed by atoms with E-state index in [1.54, 1.807) is 61.5 Å². The zero-order valence-corrected chi connectivity index (χ0v) is 17.5. The van der Waals surface area contributed by atoms with E-state index in [1.165, 1.54) is 0 Å². The SMILES string of the molecule is Cc1c(NC(=O)c2ccc(CS(C)(=O)=O)cc2)cccc1C(=O)Nc1ccccc1. The molecule has 3 aromatic rings. The van der Waals surface area contributed by atoms with E-state index in [1.807, 2.05) is 18.2 Å². The molecule has 6 nitrogen and oxygen atoms in total. The van der Waals surface area contributed by atoms with Crippen LogP contribution in [0.15, 0.2) is 72.8 Å². The average molecular weight is 423 g/mol. The van der Waals surface area contributed by atoms with Crippen LogP contribution in [-0.2, 0) is 15.6 Å². The number of benzene rings is 3. The van der Waals surface area contributed by atoms with Gasteiger partial charge in [0.15, 0.2) is 9.84 Å². The number of nitrogens with one attached hydrogen (secondary N) is 2. The van der Waals surface area contributed by atoms with Crippen molar-refractivity contribution in [2.75, 3.05) is 16.9 Å². The minimum absolute atomic E-state index is 0.0768. The third kappa shape index (κ3) is 5.55. The third-order valence-electron chi connectivity index (χ3n) is 4.50. The molecule has 3 rings (SSSR count). The lowest BCUT2D eigenvalue weighted by atomic mass is 10.1. The maximum absolute atomic E-state index is 12.6. The number of para-hydroxylation sites is 1. The van der Waals surface area contributed by atoms with Crippen LogP contribution in [0.1, 0.15) is 31.8 Å². The predicted octanol–water partition coefficient (Wildman–Crippen LogP) is 4.04. The first kappa shape index (κ1) is 21.3. The maximum Gasteiger partial charge on any atom is 0.256 e. The Kier molecular flexibility index (Phi) is 6.32. The Labute approximate surface area is 175 Å². The quantitative estimate of drug-likeness (QED) is 0.627. The van der Waals surface area contributed by atoms with Crippen molar-refractivity contribution in [2.45, 2.75) is 12.7 Å². The van der Waals surface area contributed by atoms with Gasteiger partial charge in [-0.25, -0.2) is 8.42 Å². The summed E-state index contributed by atoms with van der Waals surface area (Å²) in [6.45, 7) is 1.77.